The molecule has 16 heavy (non-hydrogen) atoms. The van der Waals surface area contributed by atoms with Gasteiger partial charge in [0.15, 0.2) is 6.29 Å². The van der Waals surface area contributed by atoms with Crippen molar-refractivity contribution in [3.63, 3.8) is 0 Å². The molecule has 4 heteroatoms. The van der Waals surface area contributed by atoms with Gasteiger partial charge >= 0.3 is 0 Å². The van der Waals surface area contributed by atoms with Gasteiger partial charge in [-0.3, -0.25) is 4.79 Å². The third-order valence-corrected chi connectivity index (χ3v) is 2.42. The fourth-order valence-corrected chi connectivity index (χ4v) is 1.56. The van der Waals surface area contributed by atoms with Gasteiger partial charge in [-0.15, -0.1) is 0 Å². The summed E-state index contributed by atoms with van der Waals surface area (Å²) in [5.41, 5.74) is 0.498. The van der Waals surface area contributed by atoms with Crippen molar-refractivity contribution in [3.8, 4) is 5.75 Å². The zero-order chi connectivity index (χ0) is 12.0. The van der Waals surface area contributed by atoms with Crippen LogP contribution in [0, 0.1) is 0 Å². The fraction of sp³-hybridized carbons (Fsp3) is 0.417. The van der Waals surface area contributed by atoms with Crippen LogP contribution < -0.4 is 4.74 Å². The first-order valence-corrected chi connectivity index (χ1v) is 5.54. The summed E-state index contributed by atoms with van der Waals surface area (Å²) in [6.07, 6.45) is 1.66. The van der Waals surface area contributed by atoms with Crippen molar-refractivity contribution >= 4 is 17.9 Å². The molecule has 0 fully saturated rings. The summed E-state index contributed by atoms with van der Waals surface area (Å²) in [6, 6.07) is 5.15. The van der Waals surface area contributed by atoms with Crippen molar-refractivity contribution in [2.45, 2.75) is 6.42 Å². The second-order valence-corrected chi connectivity index (χ2v) is 4.19. The van der Waals surface area contributed by atoms with E-state index in [4.69, 9.17) is 16.3 Å². The topological polar surface area (TPSA) is 29.5 Å². The van der Waals surface area contributed by atoms with Crippen molar-refractivity contribution in [1.82, 2.24) is 4.90 Å². The van der Waals surface area contributed by atoms with Crippen molar-refractivity contribution in [1.29, 1.82) is 0 Å². The molecule has 3 nitrogen and oxygen atoms in total. The lowest BCUT2D eigenvalue weighted by molar-refractivity contribution is 0.111. The molecule has 1 aromatic carbocycles. The van der Waals surface area contributed by atoms with E-state index in [1.807, 2.05) is 14.1 Å². The SMILES string of the molecule is CN(C)CCCOc1c(Cl)cccc1C=O. The molecule has 0 bridgehead atoms. The summed E-state index contributed by atoms with van der Waals surface area (Å²) in [7, 11) is 4.01. The fourth-order valence-electron chi connectivity index (χ4n) is 1.33. The second kappa shape index (κ2) is 6.51. The lowest BCUT2D eigenvalue weighted by atomic mass is 10.2. The minimum absolute atomic E-state index is 0.481. The molecule has 0 saturated carbocycles. The molecule has 0 unspecified atom stereocenters. The first kappa shape index (κ1) is 13.0. The van der Waals surface area contributed by atoms with E-state index in [-0.39, 0.29) is 0 Å². The number of rotatable bonds is 6. The summed E-state index contributed by atoms with van der Waals surface area (Å²) in [6.45, 7) is 1.50. The van der Waals surface area contributed by atoms with E-state index in [0.29, 0.717) is 22.9 Å². The smallest absolute Gasteiger partial charge is 0.153 e. The number of benzene rings is 1. The molecule has 88 valence electrons. The Labute approximate surface area is 101 Å². The highest BCUT2D eigenvalue weighted by Crippen LogP contribution is 2.27. The predicted octanol–water partition coefficient (Wildman–Crippen LogP) is 2.48. The molecule has 0 heterocycles. The van der Waals surface area contributed by atoms with E-state index in [1.165, 1.54) is 0 Å². The maximum atomic E-state index is 10.8. The molecular formula is C12H16ClNO2. The largest absolute Gasteiger partial charge is 0.491 e. The summed E-state index contributed by atoms with van der Waals surface area (Å²) < 4.78 is 5.52. The van der Waals surface area contributed by atoms with E-state index < -0.39 is 0 Å². The van der Waals surface area contributed by atoms with Gasteiger partial charge in [-0.2, -0.15) is 0 Å². The minimum Gasteiger partial charge on any atom is -0.491 e. The molecular weight excluding hydrogens is 226 g/mol. The maximum Gasteiger partial charge on any atom is 0.153 e. The zero-order valence-corrected chi connectivity index (χ0v) is 10.3. The third-order valence-electron chi connectivity index (χ3n) is 2.12. The number of nitrogens with zero attached hydrogens (tertiary/aromatic N) is 1. The normalized spacial score (nSPS) is 10.5. The highest BCUT2D eigenvalue weighted by atomic mass is 35.5. The molecule has 0 aliphatic carbocycles. The molecule has 0 N–H and O–H groups in total. The summed E-state index contributed by atoms with van der Waals surface area (Å²) in [5, 5.41) is 0.481. The van der Waals surface area contributed by atoms with Gasteiger partial charge in [-0.1, -0.05) is 17.7 Å². The van der Waals surface area contributed by atoms with E-state index >= 15 is 0 Å². The maximum absolute atomic E-state index is 10.8. The average Bonchev–Trinajstić information content (AvgIpc) is 2.25. The first-order chi connectivity index (χ1) is 7.65. The van der Waals surface area contributed by atoms with Gasteiger partial charge in [0.2, 0.25) is 0 Å². The lowest BCUT2D eigenvalue weighted by Crippen LogP contribution is -2.15. The van der Waals surface area contributed by atoms with E-state index in [2.05, 4.69) is 4.90 Å². The Bertz CT molecular complexity index is 353. The van der Waals surface area contributed by atoms with Crippen LogP contribution in [0.5, 0.6) is 5.75 Å². The molecule has 0 aromatic heterocycles. The molecule has 0 aliphatic heterocycles. The molecule has 0 aliphatic rings. The Morgan fingerprint density at radius 1 is 1.44 bits per heavy atom. The van der Waals surface area contributed by atoms with Crippen LogP contribution in [0.15, 0.2) is 18.2 Å². The second-order valence-electron chi connectivity index (χ2n) is 3.78. The van der Waals surface area contributed by atoms with E-state index in [1.54, 1.807) is 18.2 Å². The Morgan fingerprint density at radius 2 is 2.19 bits per heavy atom. The highest BCUT2D eigenvalue weighted by molar-refractivity contribution is 6.32. The number of ether oxygens (including phenoxy) is 1. The van der Waals surface area contributed by atoms with Gasteiger partial charge in [0, 0.05) is 6.54 Å². The number of para-hydroxylation sites is 1. The average molecular weight is 242 g/mol. The van der Waals surface area contributed by atoms with Gasteiger partial charge in [0.1, 0.15) is 5.75 Å². The number of carbonyl (C=O) groups is 1. The van der Waals surface area contributed by atoms with Crippen molar-refractivity contribution in [3.05, 3.63) is 28.8 Å². The standard InChI is InChI=1S/C12H16ClNO2/c1-14(2)7-4-8-16-12-10(9-15)5-3-6-11(12)13/h3,5-6,9H,4,7-8H2,1-2H3. The number of hydrogen-bond donors (Lipinski definition) is 0. The van der Waals surface area contributed by atoms with Crippen molar-refractivity contribution in [2.24, 2.45) is 0 Å². The Morgan fingerprint density at radius 3 is 2.81 bits per heavy atom. The van der Waals surface area contributed by atoms with Crippen LogP contribution in [0.4, 0.5) is 0 Å². The molecule has 0 saturated heterocycles. The lowest BCUT2D eigenvalue weighted by Gasteiger charge is -2.12. The van der Waals surface area contributed by atoms with Gasteiger partial charge in [-0.05, 0) is 32.6 Å². The van der Waals surface area contributed by atoms with Crippen LogP contribution in [0.1, 0.15) is 16.8 Å². The van der Waals surface area contributed by atoms with Crippen LogP contribution in [-0.4, -0.2) is 38.4 Å². The first-order valence-electron chi connectivity index (χ1n) is 5.16. The molecule has 0 atom stereocenters. The predicted molar refractivity (Wildman–Crippen MR) is 65.5 cm³/mol. The Kier molecular flexibility index (Phi) is 5.29. The molecule has 1 aromatic rings. The van der Waals surface area contributed by atoms with Crippen LogP contribution in [0.25, 0.3) is 0 Å². The number of aldehydes is 1. The number of hydrogen-bond acceptors (Lipinski definition) is 3. The van der Waals surface area contributed by atoms with Gasteiger partial charge < -0.3 is 9.64 Å². The minimum atomic E-state index is 0.481. The molecule has 0 radical (unpaired) electrons. The third kappa shape index (κ3) is 3.83. The van der Waals surface area contributed by atoms with Gasteiger partial charge in [-0.25, -0.2) is 0 Å². The van der Waals surface area contributed by atoms with Crippen molar-refractivity contribution < 1.29 is 9.53 Å². The van der Waals surface area contributed by atoms with Gasteiger partial charge in [0.25, 0.3) is 0 Å². The summed E-state index contributed by atoms with van der Waals surface area (Å²) in [4.78, 5) is 12.9. The van der Waals surface area contributed by atoms with E-state index in [9.17, 15) is 4.79 Å². The monoisotopic (exact) mass is 241 g/mol. The van der Waals surface area contributed by atoms with Crippen LogP contribution in [0.3, 0.4) is 0 Å². The number of carbonyl (C=O) groups excluding carboxylic acids is 1. The molecule has 1 rings (SSSR count). The number of halogens is 1. The van der Waals surface area contributed by atoms with Crippen LogP contribution in [0.2, 0.25) is 5.02 Å². The van der Waals surface area contributed by atoms with Gasteiger partial charge in [0.05, 0.1) is 17.2 Å². The van der Waals surface area contributed by atoms with E-state index in [0.717, 1.165) is 19.3 Å². The highest BCUT2D eigenvalue weighted by Gasteiger charge is 2.07. The summed E-state index contributed by atoms with van der Waals surface area (Å²) >= 11 is 5.96. The Balaban J connectivity index is 2.55. The van der Waals surface area contributed by atoms with Crippen LogP contribution in [-0.2, 0) is 0 Å². The molecule has 0 amide bonds. The summed E-state index contributed by atoms with van der Waals surface area (Å²) in [5.74, 6) is 0.484. The molecule has 0 spiro atoms. The van der Waals surface area contributed by atoms with Crippen molar-refractivity contribution in [2.75, 3.05) is 27.2 Å². The zero-order valence-electron chi connectivity index (χ0n) is 9.57. The Hall–Kier alpha value is -1.06. The quantitative estimate of drug-likeness (QED) is 0.566. The van der Waals surface area contributed by atoms with Crippen LogP contribution >= 0.6 is 11.6 Å².